The van der Waals surface area contributed by atoms with Crippen molar-refractivity contribution in [3.63, 3.8) is 0 Å². The summed E-state index contributed by atoms with van der Waals surface area (Å²) in [6.07, 6.45) is 5.69. The molecule has 1 saturated carbocycles. The van der Waals surface area contributed by atoms with Crippen molar-refractivity contribution >= 4 is 12.0 Å². The molecule has 6 nitrogen and oxygen atoms in total. The Balaban J connectivity index is 1.90. The molecule has 0 radical (unpaired) electrons. The number of hydrogen-bond acceptors (Lipinski definition) is 3. The molecule has 2 rings (SSSR count). The molecule has 0 aromatic heterocycles. The largest absolute Gasteiger partial charge is 0.481 e. The molecule has 6 heteroatoms. The quantitative estimate of drug-likeness (QED) is 0.693. The van der Waals surface area contributed by atoms with Crippen LogP contribution in [0.1, 0.15) is 46.0 Å². The molecule has 2 amide bonds. The van der Waals surface area contributed by atoms with Crippen molar-refractivity contribution in [1.29, 1.82) is 0 Å². The maximum absolute atomic E-state index is 12.2. The van der Waals surface area contributed by atoms with E-state index in [9.17, 15) is 14.7 Å². The van der Waals surface area contributed by atoms with Gasteiger partial charge in [0.1, 0.15) is 5.41 Å². The van der Waals surface area contributed by atoms with Crippen molar-refractivity contribution in [1.82, 2.24) is 10.6 Å². The van der Waals surface area contributed by atoms with Gasteiger partial charge in [-0.15, -0.1) is 0 Å². The molecule has 0 spiro atoms. The summed E-state index contributed by atoms with van der Waals surface area (Å²) in [5.41, 5.74) is -1.05. The van der Waals surface area contributed by atoms with Crippen molar-refractivity contribution in [2.24, 2.45) is 11.3 Å². The van der Waals surface area contributed by atoms with Crippen LogP contribution in [0.5, 0.6) is 0 Å². The molecular formula is C15H26N2O4. The van der Waals surface area contributed by atoms with Gasteiger partial charge in [0, 0.05) is 6.04 Å². The Morgan fingerprint density at radius 2 is 1.90 bits per heavy atom. The van der Waals surface area contributed by atoms with E-state index < -0.39 is 17.4 Å². The first-order valence-corrected chi connectivity index (χ1v) is 7.81. The molecule has 1 saturated heterocycles. The van der Waals surface area contributed by atoms with Gasteiger partial charge in [0.2, 0.25) is 0 Å². The molecule has 3 N–H and O–H groups in total. The average Bonchev–Trinajstić information content (AvgIpc) is 2.67. The monoisotopic (exact) mass is 298 g/mol. The minimum absolute atomic E-state index is 0.132. The zero-order chi connectivity index (χ0) is 15.5. The lowest BCUT2D eigenvalue weighted by Gasteiger charge is -2.28. The number of rotatable bonds is 3. The van der Waals surface area contributed by atoms with Gasteiger partial charge in [-0.3, -0.25) is 4.79 Å². The van der Waals surface area contributed by atoms with Crippen LogP contribution in [-0.2, 0) is 9.53 Å². The Morgan fingerprint density at radius 3 is 2.62 bits per heavy atom. The topological polar surface area (TPSA) is 87.7 Å². The molecule has 2 aliphatic rings. The van der Waals surface area contributed by atoms with Crippen LogP contribution in [0, 0.1) is 11.3 Å². The number of carboxylic acid groups (broad SMARTS) is 1. The third kappa shape index (κ3) is 3.67. The molecule has 1 aliphatic carbocycles. The number of ether oxygens (including phenoxy) is 1. The fraction of sp³-hybridized carbons (Fsp3) is 0.867. The predicted octanol–water partition coefficient (Wildman–Crippen LogP) is 1.74. The summed E-state index contributed by atoms with van der Waals surface area (Å²) in [4.78, 5) is 23.5. The minimum Gasteiger partial charge on any atom is -0.481 e. The number of carboxylic acids is 1. The summed E-state index contributed by atoms with van der Waals surface area (Å²) in [5.74, 6) is -0.475. The molecule has 120 valence electrons. The Hall–Kier alpha value is -1.30. The highest BCUT2D eigenvalue weighted by atomic mass is 16.5. The molecule has 4 atom stereocenters. The predicted molar refractivity (Wildman–Crippen MR) is 78.1 cm³/mol. The molecule has 21 heavy (non-hydrogen) atoms. The van der Waals surface area contributed by atoms with E-state index >= 15 is 0 Å². The maximum Gasteiger partial charge on any atom is 0.315 e. The summed E-state index contributed by atoms with van der Waals surface area (Å²) < 4.78 is 5.24. The van der Waals surface area contributed by atoms with Crippen LogP contribution >= 0.6 is 0 Å². The van der Waals surface area contributed by atoms with Gasteiger partial charge >= 0.3 is 12.0 Å². The van der Waals surface area contributed by atoms with Crippen molar-refractivity contribution in [3.05, 3.63) is 0 Å². The van der Waals surface area contributed by atoms with E-state index in [4.69, 9.17) is 4.74 Å². The molecule has 4 unspecified atom stereocenters. The van der Waals surface area contributed by atoms with E-state index in [-0.39, 0.29) is 25.3 Å². The SMILES string of the molecule is CC1CCCCCC1NC(=O)NC1COCC1(C)C(=O)O. The Kier molecular flexibility index (Phi) is 5.08. The van der Waals surface area contributed by atoms with Gasteiger partial charge in [-0.05, 0) is 25.7 Å². The number of aliphatic carboxylic acids is 1. The summed E-state index contributed by atoms with van der Waals surface area (Å²) in [6.45, 7) is 4.15. The van der Waals surface area contributed by atoms with E-state index in [1.807, 2.05) is 0 Å². The first-order valence-electron chi connectivity index (χ1n) is 7.81. The van der Waals surface area contributed by atoms with E-state index in [1.54, 1.807) is 6.92 Å². The van der Waals surface area contributed by atoms with E-state index in [0.29, 0.717) is 5.92 Å². The third-order valence-electron chi connectivity index (χ3n) is 4.93. The maximum atomic E-state index is 12.2. The van der Waals surface area contributed by atoms with Crippen LogP contribution in [-0.4, -0.2) is 42.4 Å². The van der Waals surface area contributed by atoms with Crippen LogP contribution in [0.15, 0.2) is 0 Å². The summed E-state index contributed by atoms with van der Waals surface area (Å²) >= 11 is 0. The molecule has 0 bridgehead atoms. The van der Waals surface area contributed by atoms with Crippen LogP contribution < -0.4 is 10.6 Å². The number of amides is 2. The van der Waals surface area contributed by atoms with Crippen LogP contribution in [0.4, 0.5) is 4.79 Å². The second-order valence-corrected chi connectivity index (χ2v) is 6.63. The second kappa shape index (κ2) is 6.64. The summed E-state index contributed by atoms with van der Waals surface area (Å²) in [5, 5.41) is 15.1. The molecule has 1 heterocycles. The lowest BCUT2D eigenvalue weighted by molar-refractivity contribution is -0.148. The third-order valence-corrected chi connectivity index (χ3v) is 4.93. The second-order valence-electron chi connectivity index (χ2n) is 6.63. The van der Waals surface area contributed by atoms with Crippen molar-refractivity contribution < 1.29 is 19.4 Å². The average molecular weight is 298 g/mol. The highest BCUT2D eigenvalue weighted by molar-refractivity contribution is 5.79. The van der Waals surface area contributed by atoms with Gasteiger partial charge in [0.15, 0.2) is 0 Å². The van der Waals surface area contributed by atoms with Crippen molar-refractivity contribution in [2.45, 2.75) is 58.0 Å². The Morgan fingerprint density at radius 1 is 1.19 bits per heavy atom. The summed E-state index contributed by atoms with van der Waals surface area (Å²) in [6, 6.07) is -0.598. The van der Waals surface area contributed by atoms with E-state index in [2.05, 4.69) is 17.6 Å². The van der Waals surface area contributed by atoms with Crippen molar-refractivity contribution in [3.8, 4) is 0 Å². The lowest BCUT2D eigenvalue weighted by atomic mass is 9.85. The number of carbonyl (C=O) groups is 2. The lowest BCUT2D eigenvalue weighted by Crippen LogP contribution is -2.54. The van der Waals surface area contributed by atoms with Gasteiger partial charge in [-0.2, -0.15) is 0 Å². The van der Waals surface area contributed by atoms with Crippen molar-refractivity contribution in [2.75, 3.05) is 13.2 Å². The van der Waals surface area contributed by atoms with Crippen LogP contribution in [0.25, 0.3) is 0 Å². The molecular weight excluding hydrogens is 272 g/mol. The highest BCUT2D eigenvalue weighted by Gasteiger charge is 2.47. The fourth-order valence-electron chi connectivity index (χ4n) is 3.16. The first-order chi connectivity index (χ1) is 9.93. The molecule has 0 aromatic rings. The van der Waals surface area contributed by atoms with E-state index in [1.165, 1.54) is 12.8 Å². The molecule has 1 aliphatic heterocycles. The molecule has 2 fully saturated rings. The summed E-state index contributed by atoms with van der Waals surface area (Å²) in [7, 11) is 0. The first kappa shape index (κ1) is 16.1. The van der Waals surface area contributed by atoms with Crippen LogP contribution in [0.3, 0.4) is 0 Å². The van der Waals surface area contributed by atoms with Gasteiger partial charge in [-0.1, -0.05) is 26.2 Å². The van der Waals surface area contributed by atoms with Crippen LogP contribution in [0.2, 0.25) is 0 Å². The number of carbonyl (C=O) groups excluding carboxylic acids is 1. The van der Waals surface area contributed by atoms with Gasteiger partial charge in [0.05, 0.1) is 19.3 Å². The van der Waals surface area contributed by atoms with Gasteiger partial charge in [0.25, 0.3) is 0 Å². The highest BCUT2D eigenvalue weighted by Crippen LogP contribution is 2.29. The smallest absolute Gasteiger partial charge is 0.315 e. The zero-order valence-electron chi connectivity index (χ0n) is 12.9. The van der Waals surface area contributed by atoms with E-state index in [0.717, 1.165) is 19.3 Å². The normalized spacial score (nSPS) is 36.8. The zero-order valence-corrected chi connectivity index (χ0v) is 12.9. The standard InChI is InChI=1S/C15H26N2O4/c1-10-6-4-3-5-7-11(10)16-14(20)17-12-8-21-9-15(12,2)13(18)19/h10-12H,3-9H2,1-2H3,(H,18,19)(H2,16,17,20). The fourth-order valence-corrected chi connectivity index (χ4v) is 3.16. The molecule has 0 aromatic carbocycles. The number of nitrogens with one attached hydrogen (secondary N) is 2. The minimum atomic E-state index is -1.05. The Labute approximate surface area is 125 Å². The van der Waals surface area contributed by atoms with Gasteiger partial charge in [-0.25, -0.2) is 4.79 Å². The van der Waals surface area contributed by atoms with Gasteiger partial charge < -0.3 is 20.5 Å². The number of urea groups is 1. The number of hydrogen-bond donors (Lipinski definition) is 3. The Bertz CT molecular complexity index is 401.